The lowest BCUT2D eigenvalue weighted by Gasteiger charge is -2.09. The van der Waals surface area contributed by atoms with Gasteiger partial charge >= 0.3 is 5.97 Å². The van der Waals surface area contributed by atoms with Crippen molar-refractivity contribution in [2.24, 2.45) is 0 Å². The first-order valence-electron chi connectivity index (χ1n) is 12.5. The number of benzene rings is 2. The number of ether oxygens (including phenoxy) is 3. The van der Waals surface area contributed by atoms with Gasteiger partial charge in [0.25, 0.3) is 0 Å². The molecule has 0 aliphatic carbocycles. The maximum Gasteiger partial charge on any atom is 0.343 e. The molecule has 180 valence electrons. The van der Waals surface area contributed by atoms with E-state index in [1.165, 1.54) is 44.9 Å². The van der Waals surface area contributed by atoms with E-state index >= 15 is 0 Å². The summed E-state index contributed by atoms with van der Waals surface area (Å²) >= 11 is 0. The molecule has 0 aliphatic rings. The Morgan fingerprint density at radius 3 is 1.76 bits per heavy atom. The number of carbonyl (C=O) groups excluding carboxylic acids is 1. The lowest BCUT2D eigenvalue weighted by atomic mass is 10.1. The van der Waals surface area contributed by atoms with Gasteiger partial charge in [-0.1, -0.05) is 57.9 Å². The third-order valence-electron chi connectivity index (χ3n) is 5.46. The molecule has 0 saturated heterocycles. The molecule has 0 unspecified atom stereocenters. The molecule has 33 heavy (non-hydrogen) atoms. The first kappa shape index (κ1) is 26.5. The molecular weight excluding hydrogens is 412 g/mol. The van der Waals surface area contributed by atoms with Gasteiger partial charge in [0.1, 0.15) is 17.2 Å². The molecule has 0 atom stereocenters. The van der Waals surface area contributed by atoms with Crippen molar-refractivity contribution < 1.29 is 19.0 Å². The Labute approximate surface area is 200 Å². The van der Waals surface area contributed by atoms with Crippen LogP contribution < -0.4 is 14.2 Å². The van der Waals surface area contributed by atoms with Crippen molar-refractivity contribution in [1.29, 1.82) is 0 Å². The normalized spacial score (nSPS) is 10.6. The Kier molecular flexibility index (Phi) is 13.5. The van der Waals surface area contributed by atoms with E-state index in [0.29, 0.717) is 17.9 Å². The second kappa shape index (κ2) is 16.8. The SMILES string of the molecule is C=CCCCCCCOc1ccc(C(=O)Oc2ccc(OCCCCCCCC)cc2)cc1. The van der Waals surface area contributed by atoms with Crippen LogP contribution >= 0.6 is 0 Å². The van der Waals surface area contributed by atoms with Crippen molar-refractivity contribution in [2.45, 2.75) is 77.6 Å². The highest BCUT2D eigenvalue weighted by atomic mass is 16.5. The van der Waals surface area contributed by atoms with E-state index in [0.717, 1.165) is 43.8 Å². The van der Waals surface area contributed by atoms with E-state index in [1.54, 1.807) is 24.3 Å². The smallest absolute Gasteiger partial charge is 0.343 e. The predicted molar refractivity (Wildman–Crippen MR) is 135 cm³/mol. The maximum absolute atomic E-state index is 12.4. The monoisotopic (exact) mass is 452 g/mol. The number of unbranched alkanes of at least 4 members (excludes halogenated alkanes) is 9. The zero-order valence-corrected chi connectivity index (χ0v) is 20.2. The number of hydrogen-bond acceptors (Lipinski definition) is 4. The van der Waals surface area contributed by atoms with Crippen molar-refractivity contribution in [3.63, 3.8) is 0 Å². The molecule has 2 rings (SSSR count). The molecule has 0 spiro atoms. The lowest BCUT2D eigenvalue weighted by molar-refractivity contribution is 0.0734. The Bertz CT molecular complexity index is 780. The van der Waals surface area contributed by atoms with Crippen LogP contribution in [0.4, 0.5) is 0 Å². The average Bonchev–Trinajstić information content (AvgIpc) is 2.84. The second-order valence-electron chi connectivity index (χ2n) is 8.34. The predicted octanol–water partition coefficient (Wildman–Crippen LogP) is 8.16. The van der Waals surface area contributed by atoms with Crippen molar-refractivity contribution in [3.05, 3.63) is 66.7 Å². The third kappa shape index (κ3) is 11.6. The molecule has 0 aromatic heterocycles. The molecule has 0 heterocycles. The molecule has 4 heteroatoms. The Morgan fingerprint density at radius 2 is 1.18 bits per heavy atom. The first-order chi connectivity index (χ1) is 16.2. The van der Waals surface area contributed by atoms with Crippen molar-refractivity contribution in [1.82, 2.24) is 0 Å². The van der Waals surface area contributed by atoms with Crippen LogP contribution in [-0.2, 0) is 0 Å². The van der Waals surface area contributed by atoms with E-state index < -0.39 is 0 Å². The minimum absolute atomic E-state index is 0.385. The van der Waals surface area contributed by atoms with Crippen LogP contribution in [-0.4, -0.2) is 19.2 Å². The van der Waals surface area contributed by atoms with E-state index in [-0.39, 0.29) is 5.97 Å². The summed E-state index contributed by atoms with van der Waals surface area (Å²) in [5.74, 6) is 1.68. The van der Waals surface area contributed by atoms with E-state index in [4.69, 9.17) is 14.2 Å². The number of esters is 1. The minimum Gasteiger partial charge on any atom is -0.494 e. The molecule has 2 aromatic carbocycles. The molecule has 2 aromatic rings. The Balaban J connectivity index is 1.65. The van der Waals surface area contributed by atoms with Crippen LogP contribution in [0.25, 0.3) is 0 Å². The van der Waals surface area contributed by atoms with Gasteiger partial charge in [-0.3, -0.25) is 0 Å². The van der Waals surface area contributed by atoms with Crippen molar-refractivity contribution in [2.75, 3.05) is 13.2 Å². The van der Waals surface area contributed by atoms with Gasteiger partial charge in [0.2, 0.25) is 0 Å². The summed E-state index contributed by atoms with van der Waals surface area (Å²) in [6.45, 7) is 7.37. The summed E-state index contributed by atoms with van der Waals surface area (Å²) < 4.78 is 17.0. The summed E-state index contributed by atoms with van der Waals surface area (Å²) in [6, 6.07) is 14.3. The van der Waals surface area contributed by atoms with Gasteiger partial charge in [0, 0.05) is 0 Å². The van der Waals surface area contributed by atoms with E-state index in [9.17, 15) is 4.79 Å². The largest absolute Gasteiger partial charge is 0.494 e. The van der Waals surface area contributed by atoms with Crippen LogP contribution in [0.1, 0.15) is 87.9 Å². The van der Waals surface area contributed by atoms with Gasteiger partial charge in [-0.2, -0.15) is 0 Å². The summed E-state index contributed by atoms with van der Waals surface area (Å²) in [5, 5.41) is 0. The molecule has 0 saturated carbocycles. The molecule has 0 radical (unpaired) electrons. The number of carbonyl (C=O) groups is 1. The summed E-state index contributed by atoms with van der Waals surface area (Å²) in [7, 11) is 0. The van der Waals surface area contributed by atoms with Crippen LogP contribution in [0.2, 0.25) is 0 Å². The first-order valence-corrected chi connectivity index (χ1v) is 12.5. The summed E-state index contributed by atoms with van der Waals surface area (Å²) in [6.07, 6.45) is 15.0. The zero-order valence-electron chi connectivity index (χ0n) is 20.2. The number of hydrogen-bond donors (Lipinski definition) is 0. The van der Waals surface area contributed by atoms with Gasteiger partial charge in [-0.15, -0.1) is 6.58 Å². The zero-order chi connectivity index (χ0) is 23.6. The standard InChI is InChI=1S/C29H40O4/c1-3-5-7-9-11-13-23-31-26-17-15-25(16-18-26)29(30)33-28-21-19-27(20-22-28)32-24-14-12-10-8-6-4-2/h3,15-22H,1,4-14,23-24H2,2H3. The van der Waals surface area contributed by atoms with Crippen LogP contribution in [0.3, 0.4) is 0 Å². The molecular formula is C29H40O4. The molecule has 0 amide bonds. The number of rotatable bonds is 18. The average molecular weight is 453 g/mol. The fourth-order valence-electron chi connectivity index (χ4n) is 3.46. The molecule has 4 nitrogen and oxygen atoms in total. The fraction of sp³-hybridized carbons (Fsp3) is 0.483. The quantitative estimate of drug-likeness (QED) is 0.0990. The fourth-order valence-corrected chi connectivity index (χ4v) is 3.46. The van der Waals surface area contributed by atoms with E-state index in [2.05, 4.69) is 13.5 Å². The highest BCUT2D eigenvalue weighted by Crippen LogP contribution is 2.20. The van der Waals surface area contributed by atoms with Crippen molar-refractivity contribution >= 4 is 5.97 Å². The topological polar surface area (TPSA) is 44.8 Å². The van der Waals surface area contributed by atoms with Crippen LogP contribution in [0.5, 0.6) is 17.2 Å². The van der Waals surface area contributed by atoms with Gasteiger partial charge in [-0.05, 0) is 74.2 Å². The van der Waals surface area contributed by atoms with Crippen LogP contribution in [0, 0.1) is 0 Å². The Morgan fingerprint density at radius 1 is 0.697 bits per heavy atom. The third-order valence-corrected chi connectivity index (χ3v) is 5.46. The van der Waals surface area contributed by atoms with Gasteiger partial charge in [0.15, 0.2) is 0 Å². The lowest BCUT2D eigenvalue weighted by Crippen LogP contribution is -2.08. The van der Waals surface area contributed by atoms with E-state index in [1.807, 2.05) is 30.3 Å². The highest BCUT2D eigenvalue weighted by Gasteiger charge is 2.09. The van der Waals surface area contributed by atoms with Crippen LogP contribution in [0.15, 0.2) is 61.2 Å². The van der Waals surface area contributed by atoms with Gasteiger partial charge < -0.3 is 14.2 Å². The molecule has 0 aliphatic heterocycles. The molecule has 0 bridgehead atoms. The molecule has 0 fully saturated rings. The maximum atomic E-state index is 12.4. The molecule has 0 N–H and O–H groups in total. The van der Waals surface area contributed by atoms with Crippen molar-refractivity contribution in [3.8, 4) is 17.2 Å². The van der Waals surface area contributed by atoms with Gasteiger partial charge in [0.05, 0.1) is 18.8 Å². The summed E-state index contributed by atoms with van der Waals surface area (Å²) in [5.41, 5.74) is 0.496. The second-order valence-corrected chi connectivity index (χ2v) is 8.34. The summed E-state index contributed by atoms with van der Waals surface area (Å²) in [4.78, 5) is 12.4. The minimum atomic E-state index is -0.385. The number of allylic oxidation sites excluding steroid dienone is 1. The Hall–Kier alpha value is -2.75. The highest BCUT2D eigenvalue weighted by molar-refractivity contribution is 5.91. The van der Waals surface area contributed by atoms with Gasteiger partial charge in [-0.25, -0.2) is 4.79 Å².